The average Bonchev–Trinajstić information content (AvgIpc) is 3.45. The number of hydrogen-bond donors (Lipinski definition) is 0. The first kappa shape index (κ1) is 17.8. The predicted octanol–water partition coefficient (Wildman–Crippen LogP) is 9.40. The predicted molar refractivity (Wildman–Crippen MR) is 150 cm³/mol. The molecule has 0 unspecified atom stereocenters. The van der Waals surface area contributed by atoms with Gasteiger partial charge < -0.3 is 4.40 Å². The van der Waals surface area contributed by atoms with Gasteiger partial charge in [-0.05, 0) is 50.0 Å². The van der Waals surface area contributed by atoms with Crippen molar-refractivity contribution in [3.63, 3.8) is 0 Å². The van der Waals surface area contributed by atoms with Crippen LogP contribution in [-0.4, -0.2) is 4.40 Å². The second kappa shape index (κ2) is 6.08. The molecular formula is C34H19N. The minimum atomic E-state index is 1.26. The Hall–Kier alpha value is -4.62. The fourth-order valence-corrected chi connectivity index (χ4v) is 6.63. The molecule has 0 radical (unpaired) electrons. The molecule has 0 N–H and O–H groups in total. The van der Waals surface area contributed by atoms with Gasteiger partial charge in [-0.3, -0.25) is 0 Å². The van der Waals surface area contributed by atoms with Crippen LogP contribution in [0.2, 0.25) is 0 Å². The SMILES string of the molecule is c1ccc2cc(-c3cccc4c5ccc6c7ccccc7c7cccc8c7c6c5n8c34)ccc2c1. The summed E-state index contributed by atoms with van der Waals surface area (Å²) in [6.07, 6.45) is 0. The first-order valence-electron chi connectivity index (χ1n) is 12.2. The third-order valence-electron chi connectivity index (χ3n) is 8.05. The van der Waals surface area contributed by atoms with Crippen molar-refractivity contribution in [3.8, 4) is 11.1 Å². The topological polar surface area (TPSA) is 4.41 Å². The Bertz CT molecular complexity index is 2260. The van der Waals surface area contributed by atoms with E-state index in [0.717, 1.165) is 0 Å². The Morgan fingerprint density at radius 3 is 1.94 bits per heavy atom. The lowest BCUT2D eigenvalue weighted by Crippen LogP contribution is -1.86. The van der Waals surface area contributed by atoms with Crippen molar-refractivity contribution >= 4 is 70.4 Å². The van der Waals surface area contributed by atoms with Gasteiger partial charge in [-0.2, -0.15) is 0 Å². The molecule has 35 heavy (non-hydrogen) atoms. The number of hydrogen-bond acceptors (Lipinski definition) is 0. The van der Waals surface area contributed by atoms with Crippen molar-refractivity contribution in [3.05, 3.63) is 115 Å². The van der Waals surface area contributed by atoms with Gasteiger partial charge >= 0.3 is 0 Å². The third kappa shape index (κ3) is 2.06. The van der Waals surface area contributed by atoms with Gasteiger partial charge in [0.1, 0.15) is 0 Å². The maximum absolute atomic E-state index is 2.54. The van der Waals surface area contributed by atoms with Crippen LogP contribution in [0.5, 0.6) is 0 Å². The number of nitrogens with zero attached hydrogens (tertiary/aromatic N) is 1. The molecule has 0 spiro atoms. The molecule has 2 aromatic heterocycles. The lowest BCUT2D eigenvalue weighted by molar-refractivity contribution is 1.37. The van der Waals surface area contributed by atoms with Gasteiger partial charge in [-0.15, -0.1) is 0 Å². The monoisotopic (exact) mass is 441 g/mol. The highest BCUT2D eigenvalue weighted by atomic mass is 14.9. The van der Waals surface area contributed by atoms with Crippen LogP contribution < -0.4 is 0 Å². The average molecular weight is 442 g/mol. The second-order valence-electron chi connectivity index (χ2n) is 9.73. The Labute approximate surface area is 201 Å². The number of aromatic nitrogens is 1. The molecular weight excluding hydrogens is 422 g/mol. The largest absolute Gasteiger partial charge is 0.307 e. The minimum Gasteiger partial charge on any atom is -0.307 e. The van der Waals surface area contributed by atoms with E-state index >= 15 is 0 Å². The molecule has 1 heteroatoms. The van der Waals surface area contributed by atoms with E-state index in [0.29, 0.717) is 0 Å². The van der Waals surface area contributed by atoms with E-state index in [4.69, 9.17) is 0 Å². The van der Waals surface area contributed by atoms with E-state index in [2.05, 4.69) is 120 Å². The van der Waals surface area contributed by atoms with Crippen molar-refractivity contribution < 1.29 is 0 Å². The van der Waals surface area contributed by atoms with Crippen molar-refractivity contribution in [2.45, 2.75) is 0 Å². The molecule has 0 aliphatic heterocycles. The van der Waals surface area contributed by atoms with Gasteiger partial charge in [0.2, 0.25) is 0 Å². The highest BCUT2D eigenvalue weighted by molar-refractivity contribution is 6.39. The summed E-state index contributed by atoms with van der Waals surface area (Å²) < 4.78 is 2.54. The fraction of sp³-hybridized carbons (Fsp3) is 0. The molecule has 0 aliphatic rings. The zero-order valence-electron chi connectivity index (χ0n) is 18.9. The van der Waals surface area contributed by atoms with E-state index in [9.17, 15) is 0 Å². The lowest BCUT2D eigenvalue weighted by atomic mass is 9.93. The fourth-order valence-electron chi connectivity index (χ4n) is 6.63. The Morgan fingerprint density at radius 2 is 1.06 bits per heavy atom. The molecule has 0 bridgehead atoms. The minimum absolute atomic E-state index is 1.26. The van der Waals surface area contributed by atoms with Gasteiger partial charge in [0.25, 0.3) is 0 Å². The molecule has 2 heterocycles. The summed E-state index contributed by atoms with van der Waals surface area (Å²) in [5.74, 6) is 0. The van der Waals surface area contributed by atoms with Crippen molar-refractivity contribution in [2.75, 3.05) is 0 Å². The first-order chi connectivity index (χ1) is 17.4. The highest BCUT2D eigenvalue weighted by Crippen LogP contribution is 2.48. The van der Waals surface area contributed by atoms with E-state index < -0.39 is 0 Å². The van der Waals surface area contributed by atoms with E-state index in [1.807, 2.05) is 0 Å². The maximum Gasteiger partial charge on any atom is 0.0627 e. The van der Waals surface area contributed by atoms with Gasteiger partial charge in [0.05, 0.1) is 16.6 Å². The molecule has 0 saturated carbocycles. The van der Waals surface area contributed by atoms with E-state index in [-0.39, 0.29) is 0 Å². The van der Waals surface area contributed by atoms with E-state index in [1.54, 1.807) is 0 Å². The standard InChI is InChI=1S/C34H19N/c1-2-8-21-19-22(16-15-20(21)7-1)23-11-5-13-28-29-18-17-27-25-10-4-3-9-24(25)26-12-6-14-30-31(26)32(27)34(29)35(30)33(23)28/h1-19H. The van der Waals surface area contributed by atoms with Crippen molar-refractivity contribution in [1.29, 1.82) is 0 Å². The van der Waals surface area contributed by atoms with Gasteiger partial charge in [-0.25, -0.2) is 0 Å². The highest BCUT2D eigenvalue weighted by Gasteiger charge is 2.23. The normalized spacial score (nSPS) is 12.6. The van der Waals surface area contributed by atoms with E-state index in [1.165, 1.54) is 81.5 Å². The molecule has 7 aromatic carbocycles. The third-order valence-corrected chi connectivity index (χ3v) is 8.05. The van der Waals surface area contributed by atoms with Gasteiger partial charge in [0, 0.05) is 27.1 Å². The lowest BCUT2D eigenvalue weighted by Gasteiger charge is -2.10. The summed E-state index contributed by atoms with van der Waals surface area (Å²) in [6, 6.07) is 42.6. The second-order valence-corrected chi connectivity index (χ2v) is 9.73. The quantitative estimate of drug-likeness (QED) is 0.223. The Balaban J connectivity index is 1.55. The molecule has 9 aromatic rings. The Morgan fingerprint density at radius 1 is 0.400 bits per heavy atom. The van der Waals surface area contributed by atoms with Crippen LogP contribution in [0, 0.1) is 0 Å². The summed E-state index contributed by atoms with van der Waals surface area (Å²) in [4.78, 5) is 0. The Kier molecular flexibility index (Phi) is 3.09. The van der Waals surface area contributed by atoms with Gasteiger partial charge in [-0.1, -0.05) is 103 Å². The van der Waals surface area contributed by atoms with Crippen molar-refractivity contribution in [2.24, 2.45) is 0 Å². The van der Waals surface area contributed by atoms with Crippen LogP contribution in [0.15, 0.2) is 115 Å². The zero-order chi connectivity index (χ0) is 22.7. The van der Waals surface area contributed by atoms with Gasteiger partial charge in [0.15, 0.2) is 0 Å². The van der Waals surface area contributed by atoms with Crippen LogP contribution in [0.4, 0.5) is 0 Å². The van der Waals surface area contributed by atoms with Crippen molar-refractivity contribution in [1.82, 2.24) is 4.40 Å². The summed E-state index contributed by atoms with van der Waals surface area (Å²) in [5.41, 5.74) is 6.50. The summed E-state index contributed by atoms with van der Waals surface area (Å²) in [5, 5.41) is 13.4. The molecule has 0 atom stereocenters. The molecule has 9 rings (SSSR count). The number of para-hydroxylation sites is 1. The number of benzene rings is 7. The first-order valence-corrected chi connectivity index (χ1v) is 12.2. The van der Waals surface area contributed by atoms with Crippen LogP contribution in [0.3, 0.4) is 0 Å². The summed E-state index contributed by atoms with van der Waals surface area (Å²) in [7, 11) is 0. The molecule has 0 fully saturated rings. The smallest absolute Gasteiger partial charge is 0.0627 e. The van der Waals surface area contributed by atoms with Crippen LogP contribution in [0.25, 0.3) is 81.5 Å². The molecule has 0 aliphatic carbocycles. The molecule has 1 nitrogen and oxygen atoms in total. The molecule has 0 saturated heterocycles. The number of fused-ring (bicyclic) bond motifs is 8. The number of rotatable bonds is 1. The molecule has 0 amide bonds. The van der Waals surface area contributed by atoms with Crippen LogP contribution >= 0.6 is 0 Å². The zero-order valence-corrected chi connectivity index (χ0v) is 18.9. The summed E-state index contributed by atoms with van der Waals surface area (Å²) in [6.45, 7) is 0. The van der Waals surface area contributed by atoms with Crippen LogP contribution in [-0.2, 0) is 0 Å². The summed E-state index contributed by atoms with van der Waals surface area (Å²) >= 11 is 0. The maximum atomic E-state index is 2.54. The van der Waals surface area contributed by atoms with Crippen LogP contribution in [0.1, 0.15) is 0 Å². The molecule has 160 valence electrons.